The van der Waals surface area contributed by atoms with Gasteiger partial charge in [-0.25, -0.2) is 0 Å². The van der Waals surface area contributed by atoms with Gasteiger partial charge in [0.1, 0.15) is 0 Å². The smallest absolute Gasteiger partial charge is 0.240 e. The number of hydrogen-bond acceptors (Lipinski definition) is 4. The van der Waals surface area contributed by atoms with Crippen LogP contribution in [0, 0.1) is 0 Å². The van der Waals surface area contributed by atoms with Gasteiger partial charge < -0.3 is 16.4 Å². The Morgan fingerprint density at radius 2 is 2.32 bits per heavy atom. The van der Waals surface area contributed by atoms with Crippen molar-refractivity contribution in [2.45, 2.75) is 38.3 Å². The minimum absolute atomic E-state index is 0.0708. The molecule has 1 aliphatic rings. The first-order valence-electron chi connectivity index (χ1n) is 6.45. The predicted octanol–water partition coefficient (Wildman–Crippen LogP) is 0.787. The van der Waals surface area contributed by atoms with Gasteiger partial charge in [-0.15, -0.1) is 11.3 Å². The summed E-state index contributed by atoms with van der Waals surface area (Å²) in [6, 6.07) is 1.32. The van der Waals surface area contributed by atoms with Crippen molar-refractivity contribution in [2.24, 2.45) is 11.5 Å². The second kappa shape index (κ2) is 5.71. The van der Waals surface area contributed by atoms with Crippen molar-refractivity contribution in [3.05, 3.63) is 21.9 Å². The minimum atomic E-state index is -0.827. The van der Waals surface area contributed by atoms with E-state index in [1.807, 2.05) is 0 Å². The lowest BCUT2D eigenvalue weighted by atomic mass is 9.96. The van der Waals surface area contributed by atoms with Crippen LogP contribution in [-0.2, 0) is 16.0 Å². The van der Waals surface area contributed by atoms with Crippen LogP contribution in [0.4, 0.5) is 0 Å². The molecule has 1 aromatic heterocycles. The van der Waals surface area contributed by atoms with Crippen LogP contribution in [0.2, 0.25) is 0 Å². The summed E-state index contributed by atoms with van der Waals surface area (Å²) in [5.41, 5.74) is 12.1. The number of amides is 2. The van der Waals surface area contributed by atoms with Gasteiger partial charge >= 0.3 is 0 Å². The van der Waals surface area contributed by atoms with Crippen molar-refractivity contribution in [2.75, 3.05) is 6.54 Å². The molecule has 2 unspecified atom stereocenters. The monoisotopic (exact) mass is 281 g/mol. The molecule has 6 heteroatoms. The molecule has 0 spiro atoms. The number of carbonyl (C=O) groups is 2. The molecule has 0 saturated carbocycles. The summed E-state index contributed by atoms with van der Waals surface area (Å²) in [6.07, 6.45) is 1.61. The topological polar surface area (TPSA) is 89.4 Å². The second-order valence-electron chi connectivity index (χ2n) is 4.78. The highest BCUT2D eigenvalue weighted by Gasteiger charge is 2.33. The Hall–Kier alpha value is -1.40. The molecular weight excluding hydrogens is 262 g/mol. The van der Waals surface area contributed by atoms with Crippen LogP contribution < -0.4 is 11.5 Å². The number of carbonyl (C=O) groups excluding carboxylic acids is 2. The average Bonchev–Trinajstić information content (AvgIpc) is 2.83. The summed E-state index contributed by atoms with van der Waals surface area (Å²) in [5, 5.41) is 2.06. The minimum Gasteiger partial charge on any atom is -0.370 e. The number of fused-ring (bicyclic) bond motifs is 1. The SMILES string of the molecule is CCC1c2ccsc2CCN1C(=O)C(N)CC(N)=O. The largest absolute Gasteiger partial charge is 0.370 e. The van der Waals surface area contributed by atoms with E-state index in [0.29, 0.717) is 6.54 Å². The van der Waals surface area contributed by atoms with Crippen molar-refractivity contribution in [1.29, 1.82) is 0 Å². The van der Waals surface area contributed by atoms with Gasteiger partial charge in [-0.2, -0.15) is 0 Å². The lowest BCUT2D eigenvalue weighted by Crippen LogP contribution is -2.49. The molecule has 2 atom stereocenters. The van der Waals surface area contributed by atoms with Crippen LogP contribution in [-0.4, -0.2) is 29.3 Å². The molecule has 4 N–H and O–H groups in total. The first kappa shape index (κ1) is 14.0. The van der Waals surface area contributed by atoms with E-state index in [2.05, 4.69) is 18.4 Å². The predicted molar refractivity (Wildman–Crippen MR) is 74.6 cm³/mol. The first-order chi connectivity index (χ1) is 9.04. The molecular formula is C13H19N3O2S. The van der Waals surface area contributed by atoms with Gasteiger partial charge in [-0.3, -0.25) is 9.59 Å². The highest BCUT2D eigenvalue weighted by molar-refractivity contribution is 7.10. The molecule has 0 aromatic carbocycles. The van der Waals surface area contributed by atoms with Gasteiger partial charge in [-0.1, -0.05) is 6.92 Å². The first-order valence-corrected chi connectivity index (χ1v) is 7.33. The molecule has 0 saturated heterocycles. The zero-order valence-corrected chi connectivity index (χ0v) is 11.8. The fraction of sp³-hybridized carbons (Fsp3) is 0.538. The third-order valence-corrected chi connectivity index (χ3v) is 4.50. The Kier molecular flexibility index (Phi) is 4.21. The summed E-state index contributed by atoms with van der Waals surface area (Å²) < 4.78 is 0. The second-order valence-corrected chi connectivity index (χ2v) is 5.78. The Bertz CT molecular complexity index is 486. The van der Waals surface area contributed by atoms with E-state index in [1.54, 1.807) is 16.2 Å². The summed E-state index contributed by atoms with van der Waals surface area (Å²) in [4.78, 5) is 26.4. The van der Waals surface area contributed by atoms with Crippen molar-refractivity contribution in [1.82, 2.24) is 4.90 Å². The molecule has 0 fully saturated rings. The molecule has 0 radical (unpaired) electrons. The quantitative estimate of drug-likeness (QED) is 0.855. The molecule has 1 aromatic rings. The molecule has 5 nitrogen and oxygen atoms in total. The van der Waals surface area contributed by atoms with E-state index < -0.39 is 11.9 Å². The molecule has 0 bridgehead atoms. The molecule has 2 rings (SSSR count). The maximum atomic E-state index is 12.3. The van der Waals surface area contributed by atoms with Crippen LogP contribution in [0.3, 0.4) is 0 Å². The van der Waals surface area contributed by atoms with Crippen LogP contribution in [0.5, 0.6) is 0 Å². The summed E-state index contributed by atoms with van der Waals surface area (Å²) in [6.45, 7) is 2.72. The number of rotatable bonds is 4. The Morgan fingerprint density at radius 1 is 1.58 bits per heavy atom. The van der Waals surface area contributed by atoms with Crippen molar-refractivity contribution in [3.63, 3.8) is 0 Å². The van der Waals surface area contributed by atoms with Gasteiger partial charge in [0.25, 0.3) is 0 Å². The lowest BCUT2D eigenvalue weighted by molar-refractivity contribution is -0.137. The lowest BCUT2D eigenvalue weighted by Gasteiger charge is -2.36. The maximum Gasteiger partial charge on any atom is 0.240 e. The van der Waals surface area contributed by atoms with Gasteiger partial charge in [0.2, 0.25) is 11.8 Å². The highest BCUT2D eigenvalue weighted by Crippen LogP contribution is 2.35. The van der Waals surface area contributed by atoms with E-state index in [-0.39, 0.29) is 18.4 Å². The third-order valence-electron chi connectivity index (χ3n) is 3.50. The molecule has 2 heterocycles. The van der Waals surface area contributed by atoms with Crippen molar-refractivity contribution < 1.29 is 9.59 Å². The fourth-order valence-electron chi connectivity index (χ4n) is 2.62. The Labute approximate surface area is 116 Å². The molecule has 1 aliphatic heterocycles. The van der Waals surface area contributed by atoms with E-state index in [1.165, 1.54) is 10.4 Å². The number of hydrogen-bond donors (Lipinski definition) is 2. The fourth-order valence-corrected chi connectivity index (χ4v) is 3.55. The summed E-state index contributed by atoms with van der Waals surface area (Å²) >= 11 is 1.73. The average molecular weight is 281 g/mol. The number of primary amides is 1. The molecule has 104 valence electrons. The molecule has 0 aliphatic carbocycles. The van der Waals surface area contributed by atoms with Crippen LogP contribution >= 0.6 is 11.3 Å². The van der Waals surface area contributed by atoms with Crippen LogP contribution in [0.1, 0.15) is 36.2 Å². The summed E-state index contributed by atoms with van der Waals surface area (Å²) in [5.74, 6) is -0.718. The van der Waals surface area contributed by atoms with Crippen LogP contribution in [0.25, 0.3) is 0 Å². The Morgan fingerprint density at radius 3 is 2.95 bits per heavy atom. The van der Waals surface area contributed by atoms with Crippen molar-refractivity contribution in [3.8, 4) is 0 Å². The van der Waals surface area contributed by atoms with E-state index in [4.69, 9.17) is 11.5 Å². The van der Waals surface area contributed by atoms with Gasteiger partial charge in [0, 0.05) is 11.4 Å². The highest BCUT2D eigenvalue weighted by atomic mass is 32.1. The third kappa shape index (κ3) is 2.79. The zero-order chi connectivity index (χ0) is 14.0. The van der Waals surface area contributed by atoms with Crippen molar-refractivity contribution >= 4 is 23.2 Å². The summed E-state index contributed by atoms with van der Waals surface area (Å²) in [7, 11) is 0. The molecule has 2 amide bonds. The van der Waals surface area contributed by atoms with Gasteiger partial charge in [0.05, 0.1) is 18.5 Å². The standard InChI is InChI=1S/C13H19N3O2S/c1-2-10-8-4-6-19-11(8)3-5-16(10)13(18)9(14)7-12(15)17/h4,6,9-10H,2-3,5,7,14H2,1H3,(H2,15,17). The normalized spacial score (nSPS) is 19.9. The van der Waals surface area contributed by atoms with Crippen LogP contribution in [0.15, 0.2) is 11.4 Å². The van der Waals surface area contributed by atoms with Gasteiger partial charge in [0.15, 0.2) is 0 Å². The number of nitrogens with zero attached hydrogens (tertiary/aromatic N) is 1. The molecule has 19 heavy (non-hydrogen) atoms. The van der Waals surface area contributed by atoms with Gasteiger partial charge in [-0.05, 0) is 29.9 Å². The van der Waals surface area contributed by atoms with E-state index >= 15 is 0 Å². The Balaban J connectivity index is 2.17. The number of nitrogens with two attached hydrogens (primary N) is 2. The van der Waals surface area contributed by atoms with E-state index in [0.717, 1.165) is 12.8 Å². The van der Waals surface area contributed by atoms with E-state index in [9.17, 15) is 9.59 Å². The zero-order valence-electron chi connectivity index (χ0n) is 11.0. The maximum absolute atomic E-state index is 12.3. The number of thiophene rings is 1.